The molecule has 1 aromatic heterocycles. The number of fused-ring (bicyclic) bond motifs is 1. The van der Waals surface area contributed by atoms with Crippen molar-refractivity contribution in [1.82, 2.24) is 15.1 Å². The van der Waals surface area contributed by atoms with Crippen molar-refractivity contribution in [3.63, 3.8) is 0 Å². The van der Waals surface area contributed by atoms with E-state index in [9.17, 15) is 9.59 Å². The fourth-order valence-corrected chi connectivity index (χ4v) is 5.33. The Kier molecular flexibility index (Phi) is 7.50. The summed E-state index contributed by atoms with van der Waals surface area (Å²) in [5.41, 5.74) is 0.906. The lowest BCUT2D eigenvalue weighted by Gasteiger charge is -2.33. The molecule has 1 saturated heterocycles. The maximum absolute atomic E-state index is 13.2. The normalized spacial score (nSPS) is 17.3. The average molecular weight is 432 g/mol. The lowest BCUT2D eigenvalue weighted by molar-refractivity contribution is -0.136. The molecule has 3 rings (SSSR count). The minimum atomic E-state index is -0.289. The Hall–Kier alpha value is -1.96. The van der Waals surface area contributed by atoms with Gasteiger partial charge < -0.3 is 15.0 Å². The number of rotatable bonds is 7. The van der Waals surface area contributed by atoms with Crippen LogP contribution in [0.5, 0.6) is 0 Å². The van der Waals surface area contributed by atoms with Gasteiger partial charge in [0.25, 0.3) is 5.91 Å². The Morgan fingerprint density at radius 2 is 1.93 bits per heavy atom. The summed E-state index contributed by atoms with van der Waals surface area (Å²) < 4.78 is 7.09. The summed E-state index contributed by atoms with van der Waals surface area (Å²) in [6, 6.07) is 8.88. The fourth-order valence-electron chi connectivity index (χ4n) is 4.16. The van der Waals surface area contributed by atoms with Gasteiger partial charge in [-0.2, -0.15) is 0 Å². The lowest BCUT2D eigenvalue weighted by Crippen LogP contribution is -2.43. The molecule has 6 nitrogen and oxygen atoms in total. The predicted octanol–water partition coefficient (Wildman–Crippen LogP) is 3.67. The van der Waals surface area contributed by atoms with Gasteiger partial charge in [0.15, 0.2) is 0 Å². The van der Waals surface area contributed by atoms with E-state index >= 15 is 0 Å². The van der Waals surface area contributed by atoms with Crippen LogP contribution in [0.25, 0.3) is 10.1 Å². The molecular formula is C23H33N3O3S. The van der Waals surface area contributed by atoms with Gasteiger partial charge in [-0.05, 0) is 39.1 Å². The molecule has 0 spiro atoms. The first-order chi connectivity index (χ1) is 14.3. The van der Waals surface area contributed by atoms with Crippen molar-refractivity contribution in [2.45, 2.75) is 52.8 Å². The van der Waals surface area contributed by atoms with Crippen LogP contribution >= 0.6 is 11.3 Å². The number of hydrogen-bond acceptors (Lipinski definition) is 5. The van der Waals surface area contributed by atoms with Crippen LogP contribution in [0.4, 0.5) is 0 Å². The molecule has 1 N–H and O–H groups in total. The fraction of sp³-hybridized carbons (Fsp3) is 0.565. The second kappa shape index (κ2) is 9.90. The molecule has 1 aromatic carbocycles. The summed E-state index contributed by atoms with van der Waals surface area (Å²) in [4.78, 5) is 29.9. The van der Waals surface area contributed by atoms with Crippen LogP contribution in [0.1, 0.15) is 56.0 Å². The number of hydrogen-bond donors (Lipinski definition) is 1. The molecule has 2 heterocycles. The third-order valence-corrected chi connectivity index (χ3v) is 6.84. The molecule has 0 bridgehead atoms. The number of benzene rings is 1. The summed E-state index contributed by atoms with van der Waals surface area (Å²) in [5.74, 6) is -0.0292. The standard InChI is InChI=1S/C23H33N3O3S/c1-15(2)26(16(3)4)11-10-24-23(28)22-21(18-8-6-7-9-20(18)30-22)19-14-25(17(5)27)12-13-29-19/h6-9,15-16,19H,10-14H2,1-5H3,(H,24,28)/t19-/m0/s1. The van der Waals surface area contributed by atoms with Gasteiger partial charge in [-0.15, -0.1) is 11.3 Å². The van der Waals surface area contributed by atoms with Crippen molar-refractivity contribution in [1.29, 1.82) is 0 Å². The predicted molar refractivity (Wildman–Crippen MR) is 122 cm³/mol. The molecule has 1 aliphatic heterocycles. The van der Waals surface area contributed by atoms with Crippen LogP contribution < -0.4 is 5.32 Å². The second-order valence-corrected chi connectivity index (χ2v) is 9.40. The Labute approximate surface area is 183 Å². The zero-order valence-electron chi connectivity index (χ0n) is 18.6. The zero-order valence-corrected chi connectivity index (χ0v) is 19.4. The Balaban J connectivity index is 1.82. The van der Waals surface area contributed by atoms with Gasteiger partial charge in [0.05, 0.1) is 18.0 Å². The minimum absolute atomic E-state index is 0.0382. The number of morpholine rings is 1. The molecule has 7 heteroatoms. The van der Waals surface area contributed by atoms with E-state index in [4.69, 9.17) is 4.74 Å². The van der Waals surface area contributed by atoms with Gasteiger partial charge in [0.2, 0.25) is 5.91 Å². The highest BCUT2D eigenvalue weighted by Gasteiger charge is 2.30. The lowest BCUT2D eigenvalue weighted by atomic mass is 10.0. The van der Waals surface area contributed by atoms with Crippen LogP contribution in [0.2, 0.25) is 0 Å². The monoisotopic (exact) mass is 431 g/mol. The molecule has 2 aromatic rings. The highest BCUT2D eigenvalue weighted by molar-refractivity contribution is 7.21. The minimum Gasteiger partial charge on any atom is -0.370 e. The number of amides is 2. The van der Waals surface area contributed by atoms with Crippen molar-refractivity contribution in [2.75, 3.05) is 32.8 Å². The molecular weight excluding hydrogens is 398 g/mol. The SMILES string of the molecule is CC(=O)N1CCO[C@H](c2c(C(=O)NCCN(C(C)C)C(C)C)sc3ccccc23)C1. The van der Waals surface area contributed by atoms with E-state index in [1.54, 1.807) is 11.8 Å². The first kappa shape index (κ1) is 22.7. The van der Waals surface area contributed by atoms with E-state index in [0.29, 0.717) is 43.2 Å². The number of carbonyl (C=O) groups is 2. The molecule has 0 unspecified atom stereocenters. The molecule has 1 fully saturated rings. The summed E-state index contributed by atoms with van der Waals surface area (Å²) in [6.45, 7) is 13.2. The van der Waals surface area contributed by atoms with Crippen molar-refractivity contribution in [3.8, 4) is 0 Å². The first-order valence-electron chi connectivity index (χ1n) is 10.7. The average Bonchev–Trinajstić information content (AvgIpc) is 3.10. The maximum atomic E-state index is 13.2. The first-order valence-corrected chi connectivity index (χ1v) is 11.5. The van der Waals surface area contributed by atoms with Crippen molar-refractivity contribution >= 4 is 33.2 Å². The Morgan fingerprint density at radius 3 is 2.60 bits per heavy atom. The van der Waals surface area contributed by atoms with Gasteiger partial charge in [0.1, 0.15) is 6.10 Å². The Bertz CT molecular complexity index is 885. The zero-order chi connectivity index (χ0) is 21.8. The van der Waals surface area contributed by atoms with E-state index in [0.717, 1.165) is 22.2 Å². The number of carbonyl (C=O) groups excluding carboxylic acids is 2. The van der Waals surface area contributed by atoms with Crippen LogP contribution in [-0.4, -0.2) is 66.5 Å². The largest absolute Gasteiger partial charge is 0.370 e. The smallest absolute Gasteiger partial charge is 0.261 e. The second-order valence-electron chi connectivity index (χ2n) is 8.35. The van der Waals surface area contributed by atoms with E-state index < -0.39 is 0 Å². The van der Waals surface area contributed by atoms with E-state index in [1.165, 1.54) is 11.3 Å². The van der Waals surface area contributed by atoms with E-state index in [1.807, 2.05) is 24.3 Å². The highest BCUT2D eigenvalue weighted by atomic mass is 32.1. The number of nitrogens with zero attached hydrogens (tertiary/aromatic N) is 2. The van der Waals surface area contributed by atoms with Gasteiger partial charge in [0, 0.05) is 48.9 Å². The summed E-state index contributed by atoms with van der Waals surface area (Å²) in [6.07, 6.45) is -0.289. The van der Waals surface area contributed by atoms with Crippen molar-refractivity contribution < 1.29 is 14.3 Å². The summed E-state index contributed by atoms with van der Waals surface area (Å²) in [7, 11) is 0. The highest BCUT2D eigenvalue weighted by Crippen LogP contribution is 2.38. The van der Waals surface area contributed by atoms with Gasteiger partial charge in [-0.3, -0.25) is 14.5 Å². The molecule has 0 radical (unpaired) electrons. The molecule has 30 heavy (non-hydrogen) atoms. The summed E-state index contributed by atoms with van der Waals surface area (Å²) in [5, 5.41) is 4.14. The molecule has 0 aliphatic carbocycles. The van der Waals surface area contributed by atoms with Gasteiger partial charge >= 0.3 is 0 Å². The molecule has 1 aliphatic rings. The Morgan fingerprint density at radius 1 is 1.23 bits per heavy atom. The third-order valence-electron chi connectivity index (χ3n) is 5.66. The van der Waals surface area contributed by atoms with Crippen LogP contribution in [0, 0.1) is 0 Å². The summed E-state index contributed by atoms with van der Waals surface area (Å²) >= 11 is 1.50. The quantitative estimate of drug-likeness (QED) is 0.727. The van der Waals surface area contributed by atoms with Crippen LogP contribution in [-0.2, 0) is 9.53 Å². The maximum Gasteiger partial charge on any atom is 0.261 e. The number of thiophene rings is 1. The molecule has 164 valence electrons. The van der Waals surface area contributed by atoms with E-state index in [-0.39, 0.29) is 17.9 Å². The van der Waals surface area contributed by atoms with Gasteiger partial charge in [-0.25, -0.2) is 0 Å². The molecule has 2 amide bonds. The van der Waals surface area contributed by atoms with Crippen molar-refractivity contribution in [2.24, 2.45) is 0 Å². The topological polar surface area (TPSA) is 61.9 Å². The van der Waals surface area contributed by atoms with Crippen LogP contribution in [0.15, 0.2) is 24.3 Å². The van der Waals surface area contributed by atoms with Crippen molar-refractivity contribution in [3.05, 3.63) is 34.7 Å². The third kappa shape index (κ3) is 5.02. The molecule has 0 saturated carbocycles. The van der Waals surface area contributed by atoms with Crippen LogP contribution in [0.3, 0.4) is 0 Å². The molecule has 1 atom stereocenters. The van der Waals surface area contributed by atoms with E-state index in [2.05, 4.69) is 37.9 Å². The van der Waals surface area contributed by atoms with Gasteiger partial charge in [-0.1, -0.05) is 18.2 Å². The number of ether oxygens (including phenoxy) is 1. The number of nitrogens with one attached hydrogen (secondary N) is 1.